The van der Waals surface area contributed by atoms with Crippen LogP contribution in [0.15, 0.2) is 4.52 Å². The molecule has 0 bridgehead atoms. The summed E-state index contributed by atoms with van der Waals surface area (Å²) in [6.07, 6.45) is 3.64. The topological polar surface area (TPSA) is 59.2 Å². The van der Waals surface area contributed by atoms with Gasteiger partial charge in [-0.3, -0.25) is 0 Å². The van der Waals surface area contributed by atoms with Crippen LogP contribution in [0, 0.1) is 0 Å². The van der Waals surface area contributed by atoms with Gasteiger partial charge in [-0.15, -0.1) is 0 Å². The molecular weight excluding hydrogens is 188 g/mol. The number of aromatic nitrogens is 2. The summed E-state index contributed by atoms with van der Waals surface area (Å²) in [7, 11) is 0. The van der Waals surface area contributed by atoms with Crippen molar-refractivity contribution in [2.45, 2.75) is 31.1 Å². The van der Waals surface area contributed by atoms with E-state index in [-0.39, 0.29) is 6.61 Å². The predicted octanol–water partition coefficient (Wildman–Crippen LogP) is 1.52. The molecule has 2 rings (SSSR count). The van der Waals surface area contributed by atoms with E-state index in [9.17, 15) is 0 Å². The number of rotatable bonds is 2. The number of aliphatic hydroxyl groups excluding tert-OH is 1. The van der Waals surface area contributed by atoms with Gasteiger partial charge in [0.1, 0.15) is 6.61 Å². The molecule has 1 aromatic rings. The van der Waals surface area contributed by atoms with Gasteiger partial charge in [0.25, 0.3) is 5.89 Å². The molecule has 13 heavy (non-hydrogen) atoms. The van der Waals surface area contributed by atoms with Gasteiger partial charge in [-0.25, -0.2) is 0 Å². The lowest BCUT2D eigenvalue weighted by atomic mass is 10.2. The zero-order valence-electron chi connectivity index (χ0n) is 7.27. The molecule has 1 aromatic heterocycles. The van der Waals surface area contributed by atoms with Crippen molar-refractivity contribution >= 4 is 11.8 Å². The quantitative estimate of drug-likeness (QED) is 0.784. The third-order valence-corrected chi connectivity index (χ3v) is 3.46. The molecule has 0 aromatic carbocycles. The summed E-state index contributed by atoms with van der Waals surface area (Å²) >= 11 is 1.87. The van der Waals surface area contributed by atoms with Crippen LogP contribution in [0.4, 0.5) is 0 Å². The Morgan fingerprint density at radius 3 is 3.08 bits per heavy atom. The number of hydrogen-bond acceptors (Lipinski definition) is 5. The van der Waals surface area contributed by atoms with Crippen molar-refractivity contribution in [3.8, 4) is 0 Å². The number of thioether (sulfide) groups is 1. The summed E-state index contributed by atoms with van der Waals surface area (Å²) < 4.78 is 4.84. The Kier molecular flexibility index (Phi) is 2.85. The second-order valence-electron chi connectivity index (χ2n) is 3.06. The number of nitrogens with zero attached hydrogens (tertiary/aromatic N) is 2. The molecule has 4 nitrogen and oxygen atoms in total. The molecule has 1 aliphatic rings. The fraction of sp³-hybridized carbons (Fsp3) is 0.750. The van der Waals surface area contributed by atoms with Gasteiger partial charge in [0, 0.05) is 0 Å². The molecule has 0 saturated carbocycles. The van der Waals surface area contributed by atoms with E-state index in [2.05, 4.69) is 10.1 Å². The Hall–Kier alpha value is -0.550. The van der Waals surface area contributed by atoms with Crippen molar-refractivity contribution in [2.24, 2.45) is 0 Å². The van der Waals surface area contributed by atoms with Crippen LogP contribution in [0.2, 0.25) is 0 Å². The van der Waals surface area contributed by atoms with Crippen molar-refractivity contribution in [2.75, 3.05) is 5.75 Å². The first-order valence-electron chi connectivity index (χ1n) is 4.45. The lowest BCUT2D eigenvalue weighted by Crippen LogP contribution is -2.03. The van der Waals surface area contributed by atoms with Crippen molar-refractivity contribution in [3.05, 3.63) is 11.7 Å². The highest BCUT2D eigenvalue weighted by atomic mass is 32.2. The maximum atomic E-state index is 8.75. The van der Waals surface area contributed by atoms with Crippen LogP contribution in [-0.2, 0) is 6.61 Å². The fourth-order valence-electron chi connectivity index (χ4n) is 1.41. The van der Waals surface area contributed by atoms with Gasteiger partial charge < -0.3 is 9.63 Å². The van der Waals surface area contributed by atoms with Gasteiger partial charge in [0.15, 0.2) is 5.82 Å². The van der Waals surface area contributed by atoms with Crippen LogP contribution in [0.3, 0.4) is 0 Å². The van der Waals surface area contributed by atoms with Crippen LogP contribution in [-0.4, -0.2) is 21.0 Å². The van der Waals surface area contributed by atoms with E-state index in [0.29, 0.717) is 11.1 Å². The highest BCUT2D eigenvalue weighted by Crippen LogP contribution is 2.36. The van der Waals surface area contributed by atoms with Gasteiger partial charge >= 0.3 is 0 Å². The highest BCUT2D eigenvalue weighted by molar-refractivity contribution is 7.99. The largest absolute Gasteiger partial charge is 0.387 e. The molecule has 1 unspecified atom stereocenters. The van der Waals surface area contributed by atoms with Crippen LogP contribution in [0.25, 0.3) is 0 Å². The predicted molar refractivity (Wildman–Crippen MR) is 49.3 cm³/mol. The van der Waals surface area contributed by atoms with E-state index < -0.39 is 0 Å². The third kappa shape index (κ3) is 2.03. The molecule has 1 atom stereocenters. The molecule has 72 valence electrons. The molecule has 1 fully saturated rings. The van der Waals surface area contributed by atoms with Gasteiger partial charge in [-0.1, -0.05) is 11.6 Å². The van der Waals surface area contributed by atoms with Crippen LogP contribution < -0.4 is 0 Å². The smallest absolute Gasteiger partial charge is 0.252 e. The Labute approximate surface area is 80.7 Å². The van der Waals surface area contributed by atoms with Crippen LogP contribution >= 0.6 is 11.8 Å². The van der Waals surface area contributed by atoms with Gasteiger partial charge in [-0.2, -0.15) is 16.7 Å². The van der Waals surface area contributed by atoms with Gasteiger partial charge in [0.05, 0.1) is 5.25 Å². The average Bonchev–Trinajstić information content (AvgIpc) is 2.67. The fourth-order valence-corrected chi connectivity index (χ4v) is 2.64. The molecule has 0 spiro atoms. The zero-order valence-corrected chi connectivity index (χ0v) is 8.09. The lowest BCUT2D eigenvalue weighted by Gasteiger charge is -2.17. The van der Waals surface area contributed by atoms with Crippen molar-refractivity contribution < 1.29 is 9.63 Å². The molecule has 0 aliphatic carbocycles. The average molecular weight is 200 g/mol. The first-order valence-corrected chi connectivity index (χ1v) is 5.50. The van der Waals surface area contributed by atoms with Gasteiger partial charge in [-0.05, 0) is 18.6 Å². The zero-order chi connectivity index (χ0) is 9.10. The molecule has 0 amide bonds. The second kappa shape index (κ2) is 4.11. The van der Waals surface area contributed by atoms with Crippen LogP contribution in [0.1, 0.15) is 36.2 Å². The number of aliphatic hydroxyl groups is 1. The molecular formula is C8H12N2O2S. The monoisotopic (exact) mass is 200 g/mol. The molecule has 1 saturated heterocycles. The second-order valence-corrected chi connectivity index (χ2v) is 4.37. The van der Waals surface area contributed by atoms with E-state index in [4.69, 9.17) is 9.63 Å². The molecule has 1 N–H and O–H groups in total. The van der Waals surface area contributed by atoms with Crippen molar-refractivity contribution in [1.82, 2.24) is 10.1 Å². The van der Waals surface area contributed by atoms with Crippen molar-refractivity contribution in [3.63, 3.8) is 0 Å². The molecule has 2 heterocycles. The minimum Gasteiger partial charge on any atom is -0.387 e. The first kappa shape index (κ1) is 9.02. The van der Waals surface area contributed by atoms with Crippen molar-refractivity contribution in [1.29, 1.82) is 0 Å². The highest BCUT2D eigenvalue weighted by Gasteiger charge is 2.20. The Balaban J connectivity index is 2.05. The van der Waals surface area contributed by atoms with E-state index in [1.165, 1.54) is 18.6 Å². The first-order chi connectivity index (χ1) is 6.40. The van der Waals surface area contributed by atoms with E-state index in [0.717, 1.165) is 12.2 Å². The molecule has 5 heteroatoms. The minimum atomic E-state index is -0.162. The minimum absolute atomic E-state index is 0.162. The summed E-state index contributed by atoms with van der Waals surface area (Å²) in [4.78, 5) is 4.10. The van der Waals surface area contributed by atoms with E-state index in [1.54, 1.807) is 0 Å². The maximum absolute atomic E-state index is 8.75. The Morgan fingerprint density at radius 1 is 1.54 bits per heavy atom. The standard InChI is InChI=1S/C8H12N2O2S/c11-5-7-9-8(10-12-7)6-3-1-2-4-13-6/h6,11H,1-5H2. The number of hydrogen-bond donors (Lipinski definition) is 1. The summed E-state index contributed by atoms with van der Waals surface area (Å²) in [5.41, 5.74) is 0. The Bertz CT molecular complexity index is 271. The summed E-state index contributed by atoms with van der Waals surface area (Å²) in [5, 5.41) is 13.0. The summed E-state index contributed by atoms with van der Waals surface area (Å²) in [5.74, 6) is 2.24. The normalized spacial score (nSPS) is 23.3. The van der Waals surface area contributed by atoms with E-state index in [1.807, 2.05) is 11.8 Å². The Morgan fingerprint density at radius 2 is 2.46 bits per heavy atom. The summed E-state index contributed by atoms with van der Waals surface area (Å²) in [6.45, 7) is -0.162. The third-order valence-electron chi connectivity index (χ3n) is 2.09. The van der Waals surface area contributed by atoms with Crippen LogP contribution in [0.5, 0.6) is 0 Å². The SMILES string of the molecule is OCc1nc(C2CCCCS2)no1. The van der Waals surface area contributed by atoms with Gasteiger partial charge in [0.2, 0.25) is 0 Å². The summed E-state index contributed by atoms with van der Waals surface area (Å²) in [6, 6.07) is 0. The molecule has 1 aliphatic heterocycles. The maximum Gasteiger partial charge on any atom is 0.252 e. The molecule has 0 radical (unpaired) electrons. The lowest BCUT2D eigenvalue weighted by molar-refractivity contribution is 0.222. The van der Waals surface area contributed by atoms with E-state index >= 15 is 0 Å².